The van der Waals surface area contributed by atoms with Crippen LogP contribution in [0.15, 0.2) is 57.0 Å². The molecular weight excluding hydrogens is 410 g/mol. The standard InChI is InChI=1S/C20H18ClN5O2S/c21-16-8-4-3-7-15(16)18-23-24-20(26(18)14-5-1-2-6-14)29-12-17-22-19(28-25-17)13-9-10-27-11-13/h3-4,7-11,14H,1-2,5-6,12H2. The predicted octanol–water partition coefficient (Wildman–Crippen LogP) is 5.65. The Morgan fingerprint density at radius 1 is 1.14 bits per heavy atom. The number of aromatic nitrogens is 5. The zero-order chi connectivity index (χ0) is 19.6. The van der Waals surface area contributed by atoms with Gasteiger partial charge in [0, 0.05) is 11.6 Å². The summed E-state index contributed by atoms with van der Waals surface area (Å²) in [6.07, 6.45) is 7.83. The minimum Gasteiger partial charge on any atom is -0.472 e. The van der Waals surface area contributed by atoms with Gasteiger partial charge in [0.15, 0.2) is 16.8 Å². The first kappa shape index (κ1) is 18.4. The van der Waals surface area contributed by atoms with Crippen molar-refractivity contribution in [3.8, 4) is 22.8 Å². The van der Waals surface area contributed by atoms with Gasteiger partial charge >= 0.3 is 0 Å². The molecule has 9 heteroatoms. The van der Waals surface area contributed by atoms with E-state index in [2.05, 4.69) is 24.9 Å². The average Bonchev–Trinajstić information content (AvgIpc) is 3.54. The highest BCUT2D eigenvalue weighted by atomic mass is 35.5. The molecule has 0 bridgehead atoms. The smallest absolute Gasteiger partial charge is 0.261 e. The summed E-state index contributed by atoms with van der Waals surface area (Å²) in [5.74, 6) is 2.40. The molecule has 1 aliphatic rings. The van der Waals surface area contributed by atoms with Crippen molar-refractivity contribution in [1.82, 2.24) is 24.9 Å². The van der Waals surface area contributed by atoms with Crippen LogP contribution >= 0.6 is 23.4 Å². The van der Waals surface area contributed by atoms with E-state index in [0.29, 0.717) is 28.5 Å². The van der Waals surface area contributed by atoms with Crippen molar-refractivity contribution in [3.63, 3.8) is 0 Å². The van der Waals surface area contributed by atoms with Gasteiger partial charge in [-0.3, -0.25) is 4.57 Å². The van der Waals surface area contributed by atoms with E-state index in [4.69, 9.17) is 20.5 Å². The first-order valence-electron chi connectivity index (χ1n) is 9.47. The lowest BCUT2D eigenvalue weighted by atomic mass is 10.2. The average molecular weight is 428 g/mol. The lowest BCUT2D eigenvalue weighted by molar-refractivity contribution is 0.424. The molecule has 0 saturated heterocycles. The lowest BCUT2D eigenvalue weighted by Crippen LogP contribution is -2.08. The van der Waals surface area contributed by atoms with Crippen LogP contribution < -0.4 is 0 Å². The van der Waals surface area contributed by atoms with Gasteiger partial charge in [-0.15, -0.1) is 10.2 Å². The summed E-state index contributed by atoms with van der Waals surface area (Å²) >= 11 is 8.00. The van der Waals surface area contributed by atoms with E-state index in [0.717, 1.165) is 34.9 Å². The Balaban J connectivity index is 1.42. The van der Waals surface area contributed by atoms with Crippen LogP contribution in [0.25, 0.3) is 22.8 Å². The molecule has 0 radical (unpaired) electrons. The second kappa shape index (κ2) is 8.04. The summed E-state index contributed by atoms with van der Waals surface area (Å²) in [6, 6.07) is 9.93. The first-order chi connectivity index (χ1) is 14.3. The van der Waals surface area contributed by atoms with Crippen LogP contribution in [0, 0.1) is 0 Å². The summed E-state index contributed by atoms with van der Waals surface area (Å²) in [7, 11) is 0. The van der Waals surface area contributed by atoms with Gasteiger partial charge in [-0.1, -0.05) is 53.5 Å². The molecule has 148 valence electrons. The molecule has 7 nitrogen and oxygen atoms in total. The third-order valence-corrected chi connectivity index (χ3v) is 6.30. The number of hydrogen-bond acceptors (Lipinski definition) is 7. The molecule has 0 atom stereocenters. The summed E-state index contributed by atoms with van der Waals surface area (Å²) in [4.78, 5) is 4.44. The summed E-state index contributed by atoms with van der Waals surface area (Å²) < 4.78 is 12.6. The Bertz CT molecular complexity index is 1100. The van der Waals surface area contributed by atoms with Gasteiger partial charge in [0.05, 0.1) is 22.6 Å². The minimum atomic E-state index is 0.380. The van der Waals surface area contributed by atoms with Gasteiger partial charge in [0.1, 0.15) is 6.26 Å². The van der Waals surface area contributed by atoms with Crippen molar-refractivity contribution in [2.45, 2.75) is 42.6 Å². The van der Waals surface area contributed by atoms with Crippen LogP contribution in [0.2, 0.25) is 5.02 Å². The van der Waals surface area contributed by atoms with Crippen LogP contribution in [0.1, 0.15) is 37.5 Å². The van der Waals surface area contributed by atoms with E-state index in [1.165, 1.54) is 12.8 Å². The van der Waals surface area contributed by atoms with Crippen molar-refractivity contribution in [2.24, 2.45) is 0 Å². The summed E-state index contributed by atoms with van der Waals surface area (Å²) in [6.45, 7) is 0. The zero-order valence-corrected chi connectivity index (χ0v) is 17.1. The number of furan rings is 1. The third-order valence-electron chi connectivity index (χ3n) is 5.04. The quantitative estimate of drug-likeness (QED) is 0.367. The van der Waals surface area contributed by atoms with E-state index in [1.54, 1.807) is 30.4 Å². The molecule has 3 heterocycles. The number of thioether (sulfide) groups is 1. The number of hydrogen-bond donors (Lipinski definition) is 0. The van der Waals surface area contributed by atoms with Crippen LogP contribution in [-0.4, -0.2) is 24.9 Å². The Morgan fingerprint density at radius 3 is 2.79 bits per heavy atom. The lowest BCUT2D eigenvalue weighted by Gasteiger charge is -2.17. The van der Waals surface area contributed by atoms with Gasteiger partial charge in [-0.25, -0.2) is 0 Å². The molecule has 0 unspecified atom stereocenters. The number of halogens is 1. The highest BCUT2D eigenvalue weighted by Gasteiger charge is 2.26. The second-order valence-corrected chi connectivity index (χ2v) is 8.26. The molecule has 0 aliphatic heterocycles. The fourth-order valence-corrected chi connectivity index (χ4v) is 4.71. The SMILES string of the molecule is Clc1ccccc1-c1nnc(SCc2noc(-c3ccoc3)n2)n1C1CCCC1. The third kappa shape index (κ3) is 3.70. The van der Waals surface area contributed by atoms with Crippen molar-refractivity contribution in [3.05, 3.63) is 53.7 Å². The van der Waals surface area contributed by atoms with Gasteiger partial charge in [-0.05, 0) is 31.0 Å². The molecule has 1 saturated carbocycles. The summed E-state index contributed by atoms with van der Waals surface area (Å²) in [5.41, 5.74) is 1.67. The molecule has 1 aliphatic carbocycles. The van der Waals surface area contributed by atoms with Crippen LogP contribution in [-0.2, 0) is 5.75 Å². The minimum absolute atomic E-state index is 0.380. The van der Waals surface area contributed by atoms with E-state index >= 15 is 0 Å². The fourth-order valence-electron chi connectivity index (χ4n) is 3.64. The summed E-state index contributed by atoms with van der Waals surface area (Å²) in [5, 5.41) is 14.5. The van der Waals surface area contributed by atoms with Crippen LogP contribution in [0.5, 0.6) is 0 Å². The molecule has 0 N–H and O–H groups in total. The molecule has 3 aromatic heterocycles. The van der Waals surface area contributed by atoms with Crippen LogP contribution in [0.4, 0.5) is 0 Å². The van der Waals surface area contributed by atoms with Crippen molar-refractivity contribution in [1.29, 1.82) is 0 Å². The molecule has 0 spiro atoms. The second-order valence-electron chi connectivity index (χ2n) is 6.91. The van der Waals surface area contributed by atoms with Crippen molar-refractivity contribution >= 4 is 23.4 Å². The molecule has 29 heavy (non-hydrogen) atoms. The highest BCUT2D eigenvalue weighted by Crippen LogP contribution is 2.38. The van der Waals surface area contributed by atoms with Crippen molar-refractivity contribution < 1.29 is 8.94 Å². The van der Waals surface area contributed by atoms with E-state index in [1.807, 2.05) is 24.3 Å². The molecule has 4 aromatic rings. The Labute approximate surface area is 176 Å². The molecule has 5 rings (SSSR count). The van der Waals surface area contributed by atoms with Gasteiger partial charge in [-0.2, -0.15) is 4.98 Å². The largest absolute Gasteiger partial charge is 0.472 e. The molecular formula is C20H18ClN5O2S. The molecule has 0 amide bonds. The maximum Gasteiger partial charge on any atom is 0.261 e. The van der Waals surface area contributed by atoms with E-state index in [-0.39, 0.29) is 0 Å². The predicted molar refractivity (Wildman–Crippen MR) is 110 cm³/mol. The fraction of sp³-hybridized carbons (Fsp3) is 0.300. The van der Waals surface area contributed by atoms with Gasteiger partial charge in [0.25, 0.3) is 5.89 Å². The Morgan fingerprint density at radius 2 is 2.00 bits per heavy atom. The monoisotopic (exact) mass is 427 g/mol. The Kier molecular flexibility index (Phi) is 5.12. The van der Waals surface area contributed by atoms with Gasteiger partial charge < -0.3 is 8.94 Å². The maximum atomic E-state index is 6.44. The zero-order valence-electron chi connectivity index (χ0n) is 15.5. The molecule has 1 fully saturated rings. The van der Waals surface area contributed by atoms with Gasteiger partial charge in [0.2, 0.25) is 0 Å². The van der Waals surface area contributed by atoms with E-state index < -0.39 is 0 Å². The highest BCUT2D eigenvalue weighted by molar-refractivity contribution is 7.98. The number of rotatable bonds is 6. The normalized spacial score (nSPS) is 14.7. The van der Waals surface area contributed by atoms with Crippen LogP contribution in [0.3, 0.4) is 0 Å². The van der Waals surface area contributed by atoms with Crippen molar-refractivity contribution in [2.75, 3.05) is 0 Å². The van der Waals surface area contributed by atoms with E-state index in [9.17, 15) is 0 Å². The Hall–Kier alpha value is -2.58. The maximum absolute atomic E-state index is 6.44. The number of benzene rings is 1. The topological polar surface area (TPSA) is 82.8 Å². The first-order valence-corrected chi connectivity index (χ1v) is 10.8. The molecule has 1 aromatic carbocycles. The number of nitrogens with zero attached hydrogens (tertiary/aromatic N) is 5.